The van der Waals surface area contributed by atoms with Gasteiger partial charge in [0.25, 0.3) is 0 Å². The second-order valence-corrected chi connectivity index (χ2v) is 6.40. The molecule has 1 aliphatic heterocycles. The van der Waals surface area contributed by atoms with Gasteiger partial charge in [-0.05, 0) is 39.0 Å². The number of hydrogen-bond donors (Lipinski definition) is 1. The quantitative estimate of drug-likeness (QED) is 0.394. The fraction of sp³-hybridized carbons (Fsp3) is 0.882. The molecule has 0 aromatic heterocycles. The van der Waals surface area contributed by atoms with Gasteiger partial charge in [0.2, 0.25) is 5.91 Å². The van der Waals surface area contributed by atoms with Crippen LogP contribution in [0.25, 0.3) is 0 Å². The van der Waals surface area contributed by atoms with Crippen molar-refractivity contribution in [2.75, 3.05) is 39.3 Å². The molecule has 0 saturated carbocycles. The Bertz CT molecular complexity index is 362. The highest BCUT2D eigenvalue weighted by Crippen LogP contribution is 2.20. The van der Waals surface area contributed by atoms with Crippen molar-refractivity contribution < 1.29 is 4.79 Å². The Balaban J connectivity index is 0.00000484. The molecule has 6 heteroatoms. The molecule has 136 valence electrons. The van der Waals surface area contributed by atoms with Gasteiger partial charge in [-0.2, -0.15) is 0 Å². The Morgan fingerprint density at radius 3 is 2.22 bits per heavy atom. The van der Waals surface area contributed by atoms with Crippen molar-refractivity contribution in [3.05, 3.63) is 0 Å². The molecule has 1 aliphatic rings. The first-order chi connectivity index (χ1) is 10.5. The Morgan fingerprint density at radius 1 is 1.17 bits per heavy atom. The van der Waals surface area contributed by atoms with Crippen molar-refractivity contribution >= 4 is 35.8 Å². The first-order valence-corrected chi connectivity index (χ1v) is 8.82. The standard InChI is InChI=1S/C17H34N4O.HI/c1-6-18-17(21-12-14(4)11-15(5)13-21)19-10-9-16(22)20(7-2)8-3;/h14-15H,6-13H2,1-5H3,(H,18,19);1H. The molecule has 1 heterocycles. The zero-order valence-electron chi connectivity index (χ0n) is 15.5. The first kappa shape index (κ1) is 22.5. The van der Waals surface area contributed by atoms with Crippen LogP contribution in [0, 0.1) is 11.8 Å². The largest absolute Gasteiger partial charge is 0.357 e. The van der Waals surface area contributed by atoms with Crippen LogP contribution >= 0.6 is 24.0 Å². The number of nitrogens with zero attached hydrogens (tertiary/aromatic N) is 3. The normalized spacial score (nSPS) is 21.6. The lowest BCUT2D eigenvalue weighted by Crippen LogP contribution is -2.48. The van der Waals surface area contributed by atoms with E-state index in [2.05, 4.69) is 36.0 Å². The summed E-state index contributed by atoms with van der Waals surface area (Å²) in [7, 11) is 0. The van der Waals surface area contributed by atoms with E-state index in [0.717, 1.165) is 38.7 Å². The maximum absolute atomic E-state index is 12.0. The zero-order valence-corrected chi connectivity index (χ0v) is 17.8. The molecule has 5 nitrogen and oxygen atoms in total. The van der Waals surface area contributed by atoms with Crippen molar-refractivity contribution in [1.82, 2.24) is 15.1 Å². The van der Waals surface area contributed by atoms with Crippen LogP contribution in [0.3, 0.4) is 0 Å². The maximum Gasteiger partial charge on any atom is 0.224 e. The molecule has 1 N–H and O–H groups in total. The van der Waals surface area contributed by atoms with Crippen LogP contribution in [0.2, 0.25) is 0 Å². The first-order valence-electron chi connectivity index (χ1n) is 8.82. The number of rotatable bonds is 6. The summed E-state index contributed by atoms with van der Waals surface area (Å²) in [5, 5.41) is 3.38. The van der Waals surface area contributed by atoms with Gasteiger partial charge in [0, 0.05) is 39.1 Å². The molecule has 0 aromatic rings. The number of nitrogens with one attached hydrogen (secondary N) is 1. The van der Waals surface area contributed by atoms with Crippen LogP contribution in [0.15, 0.2) is 4.99 Å². The van der Waals surface area contributed by atoms with Crippen LogP contribution in [0.4, 0.5) is 0 Å². The molecule has 0 radical (unpaired) electrons. The second kappa shape index (κ2) is 11.9. The average molecular weight is 438 g/mol. The summed E-state index contributed by atoms with van der Waals surface area (Å²) in [4.78, 5) is 20.9. The number of carbonyl (C=O) groups is 1. The van der Waals surface area contributed by atoms with Gasteiger partial charge in [-0.25, -0.2) is 0 Å². The van der Waals surface area contributed by atoms with Gasteiger partial charge < -0.3 is 15.1 Å². The van der Waals surface area contributed by atoms with Crippen molar-refractivity contribution in [2.45, 2.75) is 47.5 Å². The van der Waals surface area contributed by atoms with Crippen molar-refractivity contribution in [3.63, 3.8) is 0 Å². The molecular weight excluding hydrogens is 403 g/mol. The minimum atomic E-state index is 0. The third kappa shape index (κ3) is 7.72. The number of amides is 1. The van der Waals surface area contributed by atoms with Gasteiger partial charge in [-0.3, -0.25) is 9.79 Å². The lowest BCUT2D eigenvalue weighted by atomic mass is 9.92. The third-order valence-corrected chi connectivity index (χ3v) is 4.21. The number of guanidine groups is 1. The van der Waals surface area contributed by atoms with Gasteiger partial charge in [-0.15, -0.1) is 24.0 Å². The van der Waals surface area contributed by atoms with Crippen LogP contribution in [0.1, 0.15) is 47.5 Å². The number of carbonyl (C=O) groups excluding carboxylic acids is 1. The molecule has 0 aromatic carbocycles. The van der Waals surface area contributed by atoms with Crippen LogP contribution in [-0.4, -0.2) is 60.9 Å². The summed E-state index contributed by atoms with van der Waals surface area (Å²) in [5.41, 5.74) is 0. The maximum atomic E-state index is 12.0. The van der Waals surface area contributed by atoms with E-state index in [-0.39, 0.29) is 29.9 Å². The highest BCUT2D eigenvalue weighted by molar-refractivity contribution is 14.0. The number of piperidine rings is 1. The molecule has 1 saturated heterocycles. The lowest BCUT2D eigenvalue weighted by Gasteiger charge is -2.37. The van der Waals surface area contributed by atoms with Gasteiger partial charge in [-0.1, -0.05) is 13.8 Å². The van der Waals surface area contributed by atoms with E-state index in [1.54, 1.807) is 0 Å². The molecule has 0 bridgehead atoms. The summed E-state index contributed by atoms with van der Waals surface area (Å²) in [5.74, 6) is 2.56. The predicted molar refractivity (Wildman–Crippen MR) is 108 cm³/mol. The number of likely N-dealkylation sites (tertiary alicyclic amines) is 1. The lowest BCUT2D eigenvalue weighted by molar-refractivity contribution is -0.130. The number of halogens is 1. The number of aliphatic imine (C=N–C) groups is 1. The zero-order chi connectivity index (χ0) is 16.5. The molecule has 0 spiro atoms. The topological polar surface area (TPSA) is 47.9 Å². The molecule has 2 atom stereocenters. The monoisotopic (exact) mass is 438 g/mol. The molecule has 2 unspecified atom stereocenters. The van der Waals surface area contributed by atoms with E-state index in [9.17, 15) is 4.79 Å². The van der Waals surface area contributed by atoms with E-state index >= 15 is 0 Å². The van der Waals surface area contributed by atoms with E-state index in [4.69, 9.17) is 0 Å². The van der Waals surface area contributed by atoms with E-state index in [1.807, 2.05) is 18.7 Å². The van der Waals surface area contributed by atoms with E-state index < -0.39 is 0 Å². The molecule has 0 aliphatic carbocycles. The van der Waals surface area contributed by atoms with Gasteiger partial charge in [0.1, 0.15) is 0 Å². The average Bonchev–Trinajstić information content (AvgIpc) is 2.46. The molecule has 1 fully saturated rings. The SMILES string of the molecule is CCNC(=NCCC(=O)N(CC)CC)N1CC(C)CC(C)C1.I. The molecule has 1 amide bonds. The van der Waals surface area contributed by atoms with Crippen molar-refractivity contribution in [3.8, 4) is 0 Å². The molecule has 1 rings (SSSR count). The predicted octanol–water partition coefficient (Wildman–Crippen LogP) is 2.81. The smallest absolute Gasteiger partial charge is 0.224 e. The third-order valence-electron chi connectivity index (χ3n) is 4.21. The Morgan fingerprint density at radius 2 is 1.74 bits per heavy atom. The molecular formula is C17H35IN4O. The minimum Gasteiger partial charge on any atom is -0.357 e. The van der Waals surface area contributed by atoms with Crippen LogP contribution < -0.4 is 5.32 Å². The highest BCUT2D eigenvalue weighted by atomic mass is 127. The van der Waals surface area contributed by atoms with E-state index in [0.29, 0.717) is 24.8 Å². The summed E-state index contributed by atoms with van der Waals surface area (Å²) < 4.78 is 0. The minimum absolute atomic E-state index is 0. The number of hydrogen-bond acceptors (Lipinski definition) is 2. The molecule has 23 heavy (non-hydrogen) atoms. The van der Waals surface area contributed by atoms with Crippen LogP contribution in [-0.2, 0) is 4.79 Å². The summed E-state index contributed by atoms with van der Waals surface area (Å²) in [6.45, 7) is 15.8. The Hall–Kier alpha value is -0.530. The van der Waals surface area contributed by atoms with Gasteiger partial charge >= 0.3 is 0 Å². The van der Waals surface area contributed by atoms with Crippen molar-refractivity contribution in [2.24, 2.45) is 16.8 Å². The van der Waals surface area contributed by atoms with Crippen LogP contribution in [0.5, 0.6) is 0 Å². The summed E-state index contributed by atoms with van der Waals surface area (Å²) in [6.07, 6.45) is 1.78. The van der Waals surface area contributed by atoms with E-state index in [1.165, 1.54) is 6.42 Å². The van der Waals surface area contributed by atoms with Gasteiger partial charge in [0.15, 0.2) is 5.96 Å². The Labute approximate surface area is 159 Å². The Kier molecular flexibility index (Phi) is 11.6. The van der Waals surface area contributed by atoms with Crippen molar-refractivity contribution in [1.29, 1.82) is 0 Å². The summed E-state index contributed by atoms with van der Waals surface area (Å²) in [6, 6.07) is 0. The van der Waals surface area contributed by atoms with Gasteiger partial charge in [0.05, 0.1) is 6.54 Å². The fourth-order valence-electron chi connectivity index (χ4n) is 3.25. The highest BCUT2D eigenvalue weighted by Gasteiger charge is 2.24. The summed E-state index contributed by atoms with van der Waals surface area (Å²) >= 11 is 0. The fourth-order valence-corrected chi connectivity index (χ4v) is 3.25. The second-order valence-electron chi connectivity index (χ2n) is 6.40.